The molecule has 0 saturated heterocycles. The number of para-hydroxylation sites is 2. The second kappa shape index (κ2) is 8.81. The van der Waals surface area contributed by atoms with E-state index < -0.39 is 0 Å². The number of aryl methyl sites for hydroxylation is 2. The average molecular weight is 433 g/mol. The lowest BCUT2D eigenvalue weighted by Gasteiger charge is -2.25. The van der Waals surface area contributed by atoms with E-state index in [1.165, 1.54) is 15.8 Å². The number of hydrogen-bond acceptors (Lipinski definition) is 3. The third kappa shape index (κ3) is 4.20. The highest BCUT2D eigenvalue weighted by Gasteiger charge is 2.11. The molecular weight excluding hydrogens is 408 g/mol. The highest BCUT2D eigenvalue weighted by molar-refractivity contribution is 7.19. The van der Waals surface area contributed by atoms with Crippen molar-refractivity contribution in [3.05, 3.63) is 119 Å². The minimum atomic E-state index is 1.03. The van der Waals surface area contributed by atoms with Crippen LogP contribution in [0.2, 0.25) is 0 Å². The largest absolute Gasteiger partial charge is 0.311 e. The summed E-state index contributed by atoms with van der Waals surface area (Å²) in [6.07, 6.45) is 4.24. The molecule has 0 atom stereocenters. The zero-order valence-corrected chi connectivity index (χ0v) is 19.0. The summed E-state index contributed by atoms with van der Waals surface area (Å²) in [5.41, 5.74) is 8.24. The monoisotopic (exact) mass is 432 g/mol. The zero-order chi connectivity index (χ0) is 21.9. The van der Waals surface area contributed by atoms with E-state index in [0.717, 1.165) is 33.1 Å². The fourth-order valence-corrected chi connectivity index (χ4v) is 4.72. The molecule has 0 saturated carbocycles. The number of rotatable bonds is 5. The van der Waals surface area contributed by atoms with Gasteiger partial charge in [-0.25, -0.2) is 4.98 Å². The molecule has 2 nitrogen and oxygen atoms in total. The fraction of sp³-hybridized carbons (Fsp3) is 0.0690. The van der Waals surface area contributed by atoms with Gasteiger partial charge in [0.25, 0.3) is 0 Å². The number of thiazole rings is 1. The first-order valence-electron chi connectivity index (χ1n) is 10.7. The van der Waals surface area contributed by atoms with Crippen LogP contribution in [0.5, 0.6) is 0 Å². The lowest BCUT2D eigenvalue weighted by Crippen LogP contribution is -2.09. The molecule has 0 spiro atoms. The summed E-state index contributed by atoms with van der Waals surface area (Å²) < 4.78 is 1.24. The van der Waals surface area contributed by atoms with Crippen LogP contribution in [0, 0.1) is 13.8 Å². The molecule has 0 fully saturated rings. The number of fused-ring (bicyclic) bond motifs is 1. The van der Waals surface area contributed by atoms with Crippen LogP contribution in [0.4, 0.5) is 17.1 Å². The number of hydrogen-bond donors (Lipinski definition) is 0. The minimum Gasteiger partial charge on any atom is -0.311 e. The third-order valence-corrected chi connectivity index (χ3v) is 6.60. The molecule has 0 amide bonds. The van der Waals surface area contributed by atoms with E-state index in [0.29, 0.717) is 0 Å². The van der Waals surface area contributed by atoms with Crippen molar-refractivity contribution in [1.82, 2.24) is 4.98 Å². The van der Waals surface area contributed by atoms with Crippen molar-refractivity contribution in [2.75, 3.05) is 4.90 Å². The van der Waals surface area contributed by atoms with Crippen molar-refractivity contribution in [3.8, 4) is 0 Å². The third-order valence-electron chi connectivity index (χ3n) is 5.62. The van der Waals surface area contributed by atoms with Gasteiger partial charge in [0, 0.05) is 17.1 Å². The highest BCUT2D eigenvalue weighted by atomic mass is 32.1. The molecule has 0 N–H and O–H groups in total. The molecular formula is C29H24N2S. The molecule has 5 aromatic rings. The van der Waals surface area contributed by atoms with Gasteiger partial charge in [-0.1, -0.05) is 54.6 Å². The van der Waals surface area contributed by atoms with Gasteiger partial charge in [-0.2, -0.15) is 0 Å². The fourth-order valence-electron chi connectivity index (χ4n) is 3.77. The molecule has 32 heavy (non-hydrogen) atoms. The molecule has 0 bridgehead atoms. The molecule has 4 aromatic carbocycles. The summed E-state index contributed by atoms with van der Waals surface area (Å²) in [6.45, 7) is 4.29. The van der Waals surface area contributed by atoms with Crippen molar-refractivity contribution in [3.63, 3.8) is 0 Å². The number of nitrogens with zero attached hydrogens (tertiary/aromatic N) is 2. The molecule has 0 aliphatic heterocycles. The topological polar surface area (TPSA) is 16.1 Å². The van der Waals surface area contributed by atoms with Gasteiger partial charge >= 0.3 is 0 Å². The molecule has 0 aliphatic carbocycles. The molecule has 0 unspecified atom stereocenters. The van der Waals surface area contributed by atoms with Crippen molar-refractivity contribution in [1.29, 1.82) is 0 Å². The van der Waals surface area contributed by atoms with Crippen LogP contribution in [0.15, 0.2) is 97.1 Å². The van der Waals surface area contributed by atoms with E-state index in [4.69, 9.17) is 4.98 Å². The maximum atomic E-state index is 4.78. The van der Waals surface area contributed by atoms with Crippen molar-refractivity contribution in [2.24, 2.45) is 0 Å². The first-order chi connectivity index (χ1) is 15.7. The minimum absolute atomic E-state index is 1.03. The summed E-state index contributed by atoms with van der Waals surface area (Å²) in [5.74, 6) is 0. The van der Waals surface area contributed by atoms with Gasteiger partial charge in [-0.3, -0.25) is 0 Å². The van der Waals surface area contributed by atoms with E-state index in [-0.39, 0.29) is 0 Å². The summed E-state index contributed by atoms with van der Waals surface area (Å²) in [7, 11) is 0. The van der Waals surface area contributed by atoms with Gasteiger partial charge < -0.3 is 4.90 Å². The molecule has 1 aromatic heterocycles. The van der Waals surface area contributed by atoms with E-state index in [1.807, 2.05) is 12.1 Å². The summed E-state index contributed by atoms with van der Waals surface area (Å²) in [4.78, 5) is 7.05. The Morgan fingerprint density at radius 2 is 1.22 bits per heavy atom. The van der Waals surface area contributed by atoms with Crippen LogP contribution in [-0.2, 0) is 0 Å². The Bertz CT molecular complexity index is 1290. The van der Waals surface area contributed by atoms with Gasteiger partial charge in [-0.05, 0) is 85.1 Å². The summed E-state index contributed by atoms with van der Waals surface area (Å²) in [6, 6.07) is 34.0. The Hall–Kier alpha value is -3.69. The average Bonchev–Trinajstić information content (AvgIpc) is 3.22. The van der Waals surface area contributed by atoms with E-state index in [9.17, 15) is 0 Å². The molecule has 3 heteroatoms. The van der Waals surface area contributed by atoms with E-state index >= 15 is 0 Å². The zero-order valence-electron chi connectivity index (χ0n) is 18.2. The molecule has 156 valence electrons. The Morgan fingerprint density at radius 1 is 0.656 bits per heavy atom. The lowest BCUT2D eigenvalue weighted by molar-refractivity contribution is 1.28. The second-order valence-corrected chi connectivity index (χ2v) is 8.95. The molecule has 5 rings (SSSR count). The van der Waals surface area contributed by atoms with Crippen LogP contribution < -0.4 is 4.90 Å². The van der Waals surface area contributed by atoms with Crippen molar-refractivity contribution >= 4 is 50.8 Å². The molecule has 0 aliphatic rings. The second-order valence-electron chi connectivity index (χ2n) is 7.89. The quantitative estimate of drug-likeness (QED) is 0.276. The predicted molar refractivity (Wildman–Crippen MR) is 139 cm³/mol. The van der Waals surface area contributed by atoms with Gasteiger partial charge in [-0.15, -0.1) is 11.3 Å². The lowest BCUT2D eigenvalue weighted by atomic mass is 10.1. The van der Waals surface area contributed by atoms with Gasteiger partial charge in [0.1, 0.15) is 5.01 Å². The van der Waals surface area contributed by atoms with Crippen LogP contribution >= 0.6 is 11.3 Å². The van der Waals surface area contributed by atoms with Crippen LogP contribution in [0.3, 0.4) is 0 Å². The van der Waals surface area contributed by atoms with Crippen LogP contribution in [0.25, 0.3) is 22.4 Å². The number of aromatic nitrogens is 1. The highest BCUT2D eigenvalue weighted by Crippen LogP contribution is 2.34. The van der Waals surface area contributed by atoms with Crippen LogP contribution in [0.1, 0.15) is 21.7 Å². The summed E-state index contributed by atoms with van der Waals surface area (Å²) in [5, 5.41) is 1.03. The van der Waals surface area contributed by atoms with Crippen LogP contribution in [-0.4, -0.2) is 4.98 Å². The summed E-state index contributed by atoms with van der Waals surface area (Å²) >= 11 is 1.74. The normalized spacial score (nSPS) is 11.3. The first kappa shape index (κ1) is 20.2. The van der Waals surface area contributed by atoms with E-state index in [1.54, 1.807) is 11.3 Å². The Morgan fingerprint density at radius 3 is 1.84 bits per heavy atom. The SMILES string of the molecule is Cc1cc2nc(C=Cc3ccc(N(c4ccccc4)c4ccccc4)cc3)sc2cc1C. The van der Waals surface area contributed by atoms with Gasteiger partial charge in [0.2, 0.25) is 0 Å². The Labute approximate surface area is 193 Å². The molecule has 0 radical (unpaired) electrons. The standard InChI is InChI=1S/C29H24N2S/c1-21-19-27-28(20-22(21)2)32-29(30-27)18-15-23-13-16-26(17-14-23)31(24-9-5-3-6-10-24)25-11-7-4-8-12-25/h3-20H,1-2H3. The van der Waals surface area contributed by atoms with Gasteiger partial charge in [0.15, 0.2) is 0 Å². The predicted octanol–water partition coefficient (Wildman–Crippen LogP) is 8.55. The van der Waals surface area contributed by atoms with Gasteiger partial charge in [0.05, 0.1) is 10.2 Å². The number of benzene rings is 4. The van der Waals surface area contributed by atoms with E-state index in [2.05, 4.69) is 116 Å². The van der Waals surface area contributed by atoms with Crippen molar-refractivity contribution < 1.29 is 0 Å². The maximum absolute atomic E-state index is 4.78. The Balaban J connectivity index is 1.42. The molecule has 1 heterocycles. The Kier molecular flexibility index (Phi) is 5.57. The smallest absolute Gasteiger partial charge is 0.117 e. The first-order valence-corrected chi connectivity index (χ1v) is 11.6. The van der Waals surface area contributed by atoms with Crippen molar-refractivity contribution in [2.45, 2.75) is 13.8 Å². The number of anilines is 3. The maximum Gasteiger partial charge on any atom is 0.117 e.